The number of benzene rings is 2. The first-order valence-electron chi connectivity index (χ1n) is 6.15. The number of anilines is 1. The molecule has 2 aromatic carbocycles. The molecule has 0 aliphatic heterocycles. The third-order valence-electron chi connectivity index (χ3n) is 3.07. The molecule has 19 heavy (non-hydrogen) atoms. The van der Waals surface area contributed by atoms with Crippen molar-refractivity contribution in [3.63, 3.8) is 0 Å². The summed E-state index contributed by atoms with van der Waals surface area (Å²) in [4.78, 5) is 4.23. The molecule has 0 saturated carbocycles. The lowest BCUT2D eigenvalue weighted by molar-refractivity contribution is 1.12. The van der Waals surface area contributed by atoms with Crippen molar-refractivity contribution in [2.75, 3.05) is 5.32 Å². The molecule has 0 radical (unpaired) electrons. The van der Waals surface area contributed by atoms with Crippen LogP contribution in [0.2, 0.25) is 5.02 Å². The van der Waals surface area contributed by atoms with Crippen molar-refractivity contribution in [3.05, 3.63) is 71.4 Å². The Bertz CT molecular complexity index is 687. The first-order valence-corrected chi connectivity index (χ1v) is 6.53. The minimum atomic E-state index is 0.649. The Kier molecular flexibility index (Phi) is 3.34. The molecule has 3 aromatic rings. The van der Waals surface area contributed by atoms with Crippen molar-refractivity contribution < 1.29 is 0 Å². The molecule has 0 fully saturated rings. The number of rotatable bonds is 3. The fourth-order valence-electron chi connectivity index (χ4n) is 2.11. The molecule has 3 rings (SSSR count). The van der Waals surface area contributed by atoms with Crippen molar-refractivity contribution in [1.29, 1.82) is 0 Å². The topological polar surface area (TPSA) is 24.9 Å². The molecule has 2 nitrogen and oxygen atoms in total. The molecular formula is C16H13ClN2. The molecular weight excluding hydrogens is 256 g/mol. The van der Waals surface area contributed by atoms with E-state index in [2.05, 4.69) is 52.8 Å². The molecule has 0 bridgehead atoms. The number of pyridine rings is 1. The number of halogens is 1. The monoisotopic (exact) mass is 268 g/mol. The first-order chi connectivity index (χ1) is 9.33. The van der Waals surface area contributed by atoms with Gasteiger partial charge in [0.15, 0.2) is 0 Å². The molecule has 94 valence electrons. The van der Waals surface area contributed by atoms with E-state index in [4.69, 9.17) is 11.6 Å². The SMILES string of the molecule is Clc1ccc(NCc2cccc3ccccc23)nc1. The maximum Gasteiger partial charge on any atom is 0.126 e. The number of nitrogens with zero attached hydrogens (tertiary/aromatic N) is 1. The van der Waals surface area contributed by atoms with Crippen LogP contribution in [0.5, 0.6) is 0 Å². The molecule has 0 unspecified atom stereocenters. The highest BCUT2D eigenvalue weighted by Crippen LogP contribution is 2.19. The Morgan fingerprint density at radius 2 is 1.79 bits per heavy atom. The zero-order chi connectivity index (χ0) is 13.1. The van der Waals surface area contributed by atoms with Gasteiger partial charge < -0.3 is 5.32 Å². The lowest BCUT2D eigenvalue weighted by Gasteiger charge is -2.08. The number of nitrogens with one attached hydrogen (secondary N) is 1. The van der Waals surface area contributed by atoms with Crippen molar-refractivity contribution >= 4 is 28.2 Å². The van der Waals surface area contributed by atoms with Gasteiger partial charge in [0.2, 0.25) is 0 Å². The van der Waals surface area contributed by atoms with Crippen LogP contribution in [0.15, 0.2) is 60.8 Å². The molecule has 3 heteroatoms. The Labute approximate surface area is 117 Å². The summed E-state index contributed by atoms with van der Waals surface area (Å²) in [7, 11) is 0. The molecule has 1 heterocycles. The summed E-state index contributed by atoms with van der Waals surface area (Å²) < 4.78 is 0. The Hall–Kier alpha value is -2.06. The standard InChI is InChI=1S/C16H13ClN2/c17-14-8-9-16(19-11-14)18-10-13-6-3-5-12-4-1-2-7-15(12)13/h1-9,11H,10H2,(H,18,19). The van der Waals surface area contributed by atoms with E-state index >= 15 is 0 Å². The van der Waals surface area contributed by atoms with Gasteiger partial charge >= 0.3 is 0 Å². The predicted octanol–water partition coefficient (Wildman–Crippen LogP) is 4.50. The Morgan fingerprint density at radius 3 is 2.63 bits per heavy atom. The van der Waals surface area contributed by atoms with Crippen LogP contribution >= 0.6 is 11.6 Å². The Morgan fingerprint density at radius 1 is 0.947 bits per heavy atom. The second kappa shape index (κ2) is 5.29. The highest BCUT2D eigenvalue weighted by atomic mass is 35.5. The second-order valence-corrected chi connectivity index (χ2v) is 4.79. The van der Waals surface area contributed by atoms with Gasteiger partial charge in [0, 0.05) is 12.7 Å². The Balaban J connectivity index is 1.84. The quantitative estimate of drug-likeness (QED) is 0.756. The molecule has 1 aromatic heterocycles. The fourth-order valence-corrected chi connectivity index (χ4v) is 2.22. The van der Waals surface area contributed by atoms with Gasteiger partial charge in [0.05, 0.1) is 5.02 Å². The summed E-state index contributed by atoms with van der Waals surface area (Å²) in [5, 5.41) is 6.48. The molecule has 0 aliphatic carbocycles. The van der Waals surface area contributed by atoms with Gasteiger partial charge in [0.1, 0.15) is 5.82 Å². The van der Waals surface area contributed by atoms with Gasteiger partial charge in [0.25, 0.3) is 0 Å². The summed E-state index contributed by atoms with van der Waals surface area (Å²) in [6.07, 6.45) is 1.65. The number of aromatic nitrogens is 1. The third-order valence-corrected chi connectivity index (χ3v) is 3.29. The van der Waals surface area contributed by atoms with E-state index in [-0.39, 0.29) is 0 Å². The summed E-state index contributed by atoms with van der Waals surface area (Å²) in [6.45, 7) is 0.746. The molecule has 0 spiro atoms. The van der Waals surface area contributed by atoms with Crippen LogP contribution in [0.25, 0.3) is 10.8 Å². The van der Waals surface area contributed by atoms with E-state index in [0.29, 0.717) is 5.02 Å². The van der Waals surface area contributed by atoms with Crippen molar-refractivity contribution in [3.8, 4) is 0 Å². The summed E-state index contributed by atoms with van der Waals surface area (Å²) in [6, 6.07) is 18.4. The maximum absolute atomic E-state index is 5.82. The lowest BCUT2D eigenvalue weighted by atomic mass is 10.0. The van der Waals surface area contributed by atoms with E-state index in [0.717, 1.165) is 12.4 Å². The van der Waals surface area contributed by atoms with E-state index in [1.807, 2.05) is 12.1 Å². The van der Waals surface area contributed by atoms with Crippen molar-refractivity contribution in [2.45, 2.75) is 6.54 Å². The molecule has 1 N–H and O–H groups in total. The molecule has 0 atom stereocenters. The van der Waals surface area contributed by atoms with Crippen LogP contribution in [0, 0.1) is 0 Å². The molecule has 0 saturated heterocycles. The molecule has 0 amide bonds. The predicted molar refractivity (Wildman–Crippen MR) is 80.5 cm³/mol. The number of hydrogen-bond acceptors (Lipinski definition) is 2. The third kappa shape index (κ3) is 2.69. The summed E-state index contributed by atoms with van der Waals surface area (Å²) in [5.41, 5.74) is 1.26. The average molecular weight is 269 g/mol. The smallest absolute Gasteiger partial charge is 0.126 e. The minimum absolute atomic E-state index is 0.649. The zero-order valence-corrected chi connectivity index (χ0v) is 11.1. The first kappa shape index (κ1) is 12.0. The van der Waals surface area contributed by atoms with Crippen molar-refractivity contribution in [2.24, 2.45) is 0 Å². The molecule has 0 aliphatic rings. The fraction of sp³-hybridized carbons (Fsp3) is 0.0625. The van der Waals surface area contributed by atoms with E-state index < -0.39 is 0 Å². The van der Waals surface area contributed by atoms with Gasteiger partial charge in [-0.1, -0.05) is 54.1 Å². The minimum Gasteiger partial charge on any atom is -0.366 e. The van der Waals surface area contributed by atoms with Gasteiger partial charge in [-0.2, -0.15) is 0 Å². The van der Waals surface area contributed by atoms with Crippen LogP contribution in [-0.4, -0.2) is 4.98 Å². The van der Waals surface area contributed by atoms with Crippen LogP contribution < -0.4 is 5.32 Å². The number of fused-ring (bicyclic) bond motifs is 1. The highest BCUT2D eigenvalue weighted by molar-refractivity contribution is 6.30. The largest absolute Gasteiger partial charge is 0.366 e. The van der Waals surface area contributed by atoms with E-state index in [1.165, 1.54) is 16.3 Å². The second-order valence-electron chi connectivity index (χ2n) is 4.35. The van der Waals surface area contributed by atoms with Crippen LogP contribution in [0.1, 0.15) is 5.56 Å². The van der Waals surface area contributed by atoms with Crippen LogP contribution in [-0.2, 0) is 6.54 Å². The summed E-state index contributed by atoms with van der Waals surface area (Å²) in [5.74, 6) is 0.831. The number of hydrogen-bond donors (Lipinski definition) is 1. The lowest BCUT2D eigenvalue weighted by Crippen LogP contribution is -2.01. The summed E-state index contributed by atoms with van der Waals surface area (Å²) >= 11 is 5.82. The van der Waals surface area contributed by atoms with E-state index in [9.17, 15) is 0 Å². The van der Waals surface area contributed by atoms with Gasteiger partial charge in [-0.3, -0.25) is 0 Å². The van der Waals surface area contributed by atoms with Gasteiger partial charge in [-0.25, -0.2) is 4.98 Å². The normalized spacial score (nSPS) is 10.6. The van der Waals surface area contributed by atoms with Gasteiger partial charge in [-0.15, -0.1) is 0 Å². The highest BCUT2D eigenvalue weighted by Gasteiger charge is 2.00. The van der Waals surface area contributed by atoms with Crippen LogP contribution in [0.4, 0.5) is 5.82 Å². The van der Waals surface area contributed by atoms with Crippen molar-refractivity contribution in [1.82, 2.24) is 4.98 Å². The maximum atomic E-state index is 5.82. The zero-order valence-electron chi connectivity index (χ0n) is 10.3. The van der Waals surface area contributed by atoms with E-state index in [1.54, 1.807) is 6.20 Å². The average Bonchev–Trinajstić information content (AvgIpc) is 2.47. The van der Waals surface area contributed by atoms with Gasteiger partial charge in [-0.05, 0) is 28.5 Å². The van der Waals surface area contributed by atoms with Crippen LogP contribution in [0.3, 0.4) is 0 Å².